The number of halogens is 1. The first-order chi connectivity index (χ1) is 30.2. The number of rotatable bonds is 15. The molecule has 2 fully saturated rings. The van der Waals surface area contributed by atoms with Gasteiger partial charge in [-0.2, -0.15) is 0 Å². The second-order valence-electron chi connectivity index (χ2n) is 15.8. The third-order valence-corrected chi connectivity index (χ3v) is 13.1. The molecule has 3 aliphatic rings. The van der Waals surface area contributed by atoms with Gasteiger partial charge in [0.05, 0.1) is 30.6 Å². The fourth-order valence-electron chi connectivity index (χ4n) is 7.74. The van der Waals surface area contributed by atoms with E-state index in [9.17, 15) is 29.4 Å². The molecule has 4 N–H and O–H groups in total. The van der Waals surface area contributed by atoms with Crippen molar-refractivity contribution in [1.29, 1.82) is 1.34 Å². The number of aliphatic hydroxyl groups excluding tert-OH is 2. The van der Waals surface area contributed by atoms with Gasteiger partial charge in [0, 0.05) is 58.6 Å². The van der Waals surface area contributed by atoms with E-state index in [0.717, 1.165) is 35.5 Å². The van der Waals surface area contributed by atoms with Gasteiger partial charge in [-0.1, -0.05) is 53.8 Å². The molecule has 5 heterocycles. The van der Waals surface area contributed by atoms with Crippen molar-refractivity contribution >= 4 is 77.0 Å². The van der Waals surface area contributed by atoms with Gasteiger partial charge in [-0.05, 0) is 63.9 Å². The summed E-state index contributed by atoms with van der Waals surface area (Å²) in [4.78, 5) is 58.2. The number of furan rings is 1. The van der Waals surface area contributed by atoms with Crippen LogP contribution in [0.15, 0.2) is 71.4 Å². The van der Waals surface area contributed by atoms with Crippen LogP contribution in [0.5, 0.6) is 5.75 Å². The molecule has 62 heavy (non-hydrogen) atoms. The minimum absolute atomic E-state index is 0.00772. The highest BCUT2D eigenvalue weighted by Crippen LogP contribution is 2.40. The number of ether oxygens (including phenoxy) is 2. The van der Waals surface area contributed by atoms with Gasteiger partial charge >= 0.3 is 5.97 Å². The first-order valence-electron chi connectivity index (χ1n) is 20.6. The molecular weight excluding hydrogens is 855 g/mol. The number of carbonyl (C=O) groups is 4. The molecule has 3 aliphatic heterocycles. The van der Waals surface area contributed by atoms with Gasteiger partial charge in [0.2, 0.25) is 18.9 Å². The Hall–Kier alpha value is -4.70. The number of fused-ring (bicyclic) bond motifs is 2. The summed E-state index contributed by atoms with van der Waals surface area (Å²) in [6.07, 6.45) is 6.34. The number of hydrogen-bond acceptors (Lipinski definition) is 13. The zero-order valence-corrected chi connectivity index (χ0v) is 36.8. The summed E-state index contributed by atoms with van der Waals surface area (Å²) in [7, 11) is 1.08. The zero-order valence-electron chi connectivity index (χ0n) is 35.5. The molecule has 14 nitrogen and oxygen atoms in total. The highest BCUT2D eigenvalue weighted by atomic mass is 35.5. The number of aromatic nitrogens is 1. The Labute approximate surface area is 376 Å². The SMILES string of the molecule is Cc1cccc(Cl)c1CNC(=O)[C@H]1N(C(=O)[C@@H](O)C[C@@H](Cc2cc3ccncc3o2)C(=O)N[C@H]2c3ccccc3OC[C@H]2O)CSC1(C)C.[3H][B]SOC[C@@H]1C[C@@H](CC#C)C(=O)O1. The van der Waals surface area contributed by atoms with Crippen molar-refractivity contribution in [3.63, 3.8) is 0 Å². The quantitative estimate of drug-likeness (QED) is 0.0422. The molecule has 7 rings (SSSR count). The molecular formula is C44H49BClN4O10S2. The Morgan fingerprint density at radius 2 is 2.05 bits per heavy atom. The van der Waals surface area contributed by atoms with Crippen LogP contribution in [0.2, 0.25) is 5.02 Å². The Balaban J connectivity index is 0.000000402. The van der Waals surface area contributed by atoms with Crippen LogP contribution in [-0.2, 0) is 41.1 Å². The van der Waals surface area contributed by atoms with Gasteiger partial charge in [-0.3, -0.25) is 24.2 Å². The lowest BCUT2D eigenvalue weighted by Crippen LogP contribution is -2.55. The molecule has 0 bridgehead atoms. The molecule has 1 radical (unpaired) electrons. The van der Waals surface area contributed by atoms with Crippen molar-refractivity contribution in [2.45, 2.75) is 88.1 Å². The van der Waals surface area contributed by atoms with Crippen LogP contribution in [0, 0.1) is 31.1 Å². The van der Waals surface area contributed by atoms with Crippen molar-refractivity contribution in [3.8, 4) is 18.1 Å². The lowest BCUT2D eigenvalue weighted by Gasteiger charge is -2.33. The number of hydrogen-bond donors (Lipinski definition) is 4. The molecule has 7 atom stereocenters. The fourth-order valence-corrected chi connectivity index (χ4v) is 9.40. The van der Waals surface area contributed by atoms with Gasteiger partial charge in [0.25, 0.3) is 5.91 Å². The largest absolute Gasteiger partial charge is 0.490 e. The van der Waals surface area contributed by atoms with E-state index in [-0.39, 0.29) is 55.8 Å². The predicted molar refractivity (Wildman–Crippen MR) is 238 cm³/mol. The Morgan fingerprint density at radius 1 is 1.24 bits per heavy atom. The normalized spacial score (nSPS) is 22.4. The number of amides is 3. The number of pyridine rings is 1. The van der Waals surface area contributed by atoms with Gasteiger partial charge < -0.3 is 43.8 Å². The van der Waals surface area contributed by atoms with E-state index < -0.39 is 46.8 Å². The van der Waals surface area contributed by atoms with E-state index in [1.807, 2.05) is 32.9 Å². The second-order valence-corrected chi connectivity index (χ2v) is 18.2. The molecule has 0 spiro atoms. The molecule has 18 heteroatoms. The summed E-state index contributed by atoms with van der Waals surface area (Å²) >= 11 is 8.74. The molecule has 3 amide bonds. The van der Waals surface area contributed by atoms with Crippen molar-refractivity contribution in [2.24, 2.45) is 11.8 Å². The van der Waals surface area contributed by atoms with Crippen LogP contribution >= 0.6 is 35.3 Å². The standard InChI is InChI=1S/C36H39ClN4O7S.C8H10BO3S/c1-20-7-6-9-26(37)25(20)16-39-34(45)32-36(2,3)49-19-41(32)35(46)27(42)15-22(14-23-13-21-11-12-38-17-30(21)48-23)33(44)40-31-24-8-4-5-10-29(24)47-18-28(31)43;1-2-3-6-4-7(5-11-13-9)12-8(6)10/h4-13,17,22,27-28,31-32,42-43H,14-16,18-19H2,1-3H3,(H,39,45)(H,40,44);1,6-7,9H,3-5H2/t22-,27+,28-,31+,32-;6-,7+/m11/s1/i;9T. The van der Waals surface area contributed by atoms with E-state index in [1.54, 1.807) is 54.9 Å². The molecule has 2 aromatic carbocycles. The summed E-state index contributed by atoms with van der Waals surface area (Å²) in [6.45, 7) is 6.16. The van der Waals surface area contributed by atoms with Crippen LogP contribution in [0.25, 0.3) is 11.0 Å². The highest BCUT2D eigenvalue weighted by molar-refractivity contribution is 8.15. The molecule has 2 aromatic heterocycles. The number of esters is 1. The summed E-state index contributed by atoms with van der Waals surface area (Å²) in [5.41, 5.74) is 2.88. The lowest BCUT2D eigenvalue weighted by molar-refractivity contribution is -0.147. The van der Waals surface area contributed by atoms with E-state index in [0.29, 0.717) is 47.1 Å². The monoisotopic (exact) mass is 905 g/mol. The van der Waals surface area contributed by atoms with Crippen LogP contribution in [0.3, 0.4) is 0 Å². The van der Waals surface area contributed by atoms with E-state index in [2.05, 4.69) is 21.5 Å². The third-order valence-electron chi connectivity index (χ3n) is 11.1. The zero-order chi connectivity index (χ0) is 45.3. The first-order valence-corrected chi connectivity index (χ1v) is 22.2. The summed E-state index contributed by atoms with van der Waals surface area (Å²) in [5.74, 6) is 0.793. The van der Waals surface area contributed by atoms with Gasteiger partial charge in [-0.25, -0.2) is 0 Å². The van der Waals surface area contributed by atoms with E-state index in [4.69, 9.17) is 37.4 Å². The topological polar surface area (TPSA) is 190 Å². The number of nitrogens with zero attached hydrogens (tertiary/aromatic N) is 2. The number of para-hydroxylation sites is 1. The molecule has 0 saturated carbocycles. The van der Waals surface area contributed by atoms with Crippen molar-refractivity contribution in [1.82, 2.24) is 20.5 Å². The molecule has 2 saturated heterocycles. The molecule has 4 aromatic rings. The van der Waals surface area contributed by atoms with Gasteiger partial charge in [-0.15, -0.1) is 24.1 Å². The number of aryl methyl sites for hydroxylation is 1. The average Bonchev–Trinajstić information content (AvgIpc) is 3.94. The van der Waals surface area contributed by atoms with Crippen molar-refractivity contribution < 1.29 is 47.5 Å². The minimum atomic E-state index is -1.61. The van der Waals surface area contributed by atoms with E-state index >= 15 is 0 Å². The summed E-state index contributed by atoms with van der Waals surface area (Å²) in [5, 5.41) is 29.4. The number of carbonyl (C=O) groups excluding carboxylic acids is 4. The minimum Gasteiger partial charge on any atom is -0.490 e. The highest BCUT2D eigenvalue weighted by Gasteiger charge is 2.49. The van der Waals surface area contributed by atoms with Gasteiger partial charge in [0.1, 0.15) is 42.5 Å². The van der Waals surface area contributed by atoms with Crippen LogP contribution < -0.4 is 15.4 Å². The Bertz CT molecular complexity index is 2260. The number of nitrogens with one attached hydrogen (secondary N) is 2. The first kappa shape index (κ1) is 45.3. The maximum absolute atomic E-state index is 14.0. The predicted octanol–water partition coefficient (Wildman–Crippen LogP) is 4.73. The lowest BCUT2D eigenvalue weighted by atomic mass is 9.92. The second kappa shape index (κ2) is 21.1. The number of thioether (sulfide) groups is 1. The molecule has 327 valence electrons. The third kappa shape index (κ3) is 11.3. The maximum Gasteiger partial charge on any atom is 0.310 e. The maximum atomic E-state index is 14.0. The summed E-state index contributed by atoms with van der Waals surface area (Å²) in [6, 6.07) is 14.6. The Kier molecular flexibility index (Phi) is 15.4. The van der Waals surface area contributed by atoms with Crippen LogP contribution in [0.1, 0.15) is 61.6 Å². The number of terminal acetylenes is 1. The van der Waals surface area contributed by atoms with Crippen molar-refractivity contribution in [3.05, 3.63) is 94.5 Å². The number of benzene rings is 2. The van der Waals surface area contributed by atoms with E-state index in [1.165, 1.54) is 16.7 Å². The molecule has 0 aliphatic carbocycles. The van der Waals surface area contributed by atoms with Crippen molar-refractivity contribution in [2.75, 3.05) is 19.1 Å². The Morgan fingerprint density at radius 3 is 2.81 bits per heavy atom. The van der Waals surface area contributed by atoms with Gasteiger partial charge in [0.15, 0.2) is 5.58 Å². The number of cyclic esters (lactones) is 1. The van der Waals surface area contributed by atoms with Crippen LogP contribution in [0.4, 0.5) is 0 Å². The smallest absolute Gasteiger partial charge is 0.310 e. The summed E-state index contributed by atoms with van der Waals surface area (Å²) < 4.78 is 27.7. The van der Waals surface area contributed by atoms with Crippen LogP contribution in [-0.4, -0.2) is 100 Å². The average molecular weight is 906 g/mol. The molecule has 0 unspecified atom stereocenters. The number of aliphatic hydroxyl groups is 2. The fraction of sp³-hybridized carbons (Fsp3) is 0.432.